The van der Waals surface area contributed by atoms with E-state index in [0.717, 1.165) is 24.8 Å². The van der Waals surface area contributed by atoms with E-state index in [1.165, 1.54) is 29.2 Å². The van der Waals surface area contributed by atoms with Gasteiger partial charge in [-0.3, -0.25) is 0 Å². The molecule has 0 atom stereocenters. The number of nitrogen functional groups attached to an aromatic ring is 1. The Morgan fingerprint density at radius 1 is 1.12 bits per heavy atom. The molecule has 0 amide bonds. The van der Waals surface area contributed by atoms with Gasteiger partial charge in [0.25, 0.3) is 0 Å². The number of aromatic nitrogens is 1. The van der Waals surface area contributed by atoms with Crippen molar-refractivity contribution in [3.05, 3.63) is 59.8 Å². The highest BCUT2D eigenvalue weighted by atomic mass is 15.3. The van der Waals surface area contributed by atoms with E-state index in [2.05, 4.69) is 64.9 Å². The minimum Gasteiger partial charge on any atom is -0.396 e. The normalized spacial score (nSPS) is 15.3. The summed E-state index contributed by atoms with van der Waals surface area (Å²) in [6, 6.07) is 18.9. The van der Waals surface area contributed by atoms with Crippen LogP contribution in [0.3, 0.4) is 0 Å². The van der Waals surface area contributed by atoms with Crippen LogP contribution >= 0.6 is 0 Å². The average molecular weight is 344 g/mol. The van der Waals surface area contributed by atoms with E-state index in [-0.39, 0.29) is 0 Å². The Hall–Kier alpha value is -2.93. The summed E-state index contributed by atoms with van der Waals surface area (Å²) in [6.45, 7) is 4.95. The van der Waals surface area contributed by atoms with Gasteiger partial charge < -0.3 is 15.2 Å². The summed E-state index contributed by atoms with van der Waals surface area (Å²) in [6.07, 6.45) is 2.33. The van der Waals surface area contributed by atoms with E-state index < -0.39 is 0 Å². The highest BCUT2D eigenvalue weighted by molar-refractivity contribution is 5.85. The fourth-order valence-electron chi connectivity index (χ4n) is 3.99. The number of hydrogen-bond acceptors (Lipinski definition) is 3. The van der Waals surface area contributed by atoms with Gasteiger partial charge in [-0.05, 0) is 41.2 Å². The lowest BCUT2D eigenvalue weighted by Gasteiger charge is -2.33. The van der Waals surface area contributed by atoms with Crippen molar-refractivity contribution >= 4 is 22.3 Å². The number of nitrogens with zero attached hydrogens (tertiary/aromatic N) is 3. The molecule has 0 bridgehead atoms. The van der Waals surface area contributed by atoms with Crippen molar-refractivity contribution in [2.24, 2.45) is 5.92 Å². The van der Waals surface area contributed by atoms with Gasteiger partial charge >= 0.3 is 0 Å². The number of anilines is 2. The fraction of sp³-hybridized carbons (Fsp3) is 0.318. The summed E-state index contributed by atoms with van der Waals surface area (Å²) < 4.78 is 2.09. The summed E-state index contributed by atoms with van der Waals surface area (Å²) in [5.41, 5.74) is 8.88. The molecule has 3 aromatic rings. The van der Waals surface area contributed by atoms with Crippen molar-refractivity contribution in [1.82, 2.24) is 4.57 Å². The molecule has 2 heterocycles. The lowest BCUT2D eigenvalue weighted by molar-refractivity contribution is 0.434. The van der Waals surface area contributed by atoms with E-state index in [1.807, 2.05) is 6.07 Å². The largest absolute Gasteiger partial charge is 0.396 e. The Bertz CT molecular complexity index is 966. The Morgan fingerprint density at radius 3 is 2.62 bits per heavy atom. The van der Waals surface area contributed by atoms with E-state index in [4.69, 9.17) is 5.73 Å². The maximum absolute atomic E-state index is 9.64. The first-order chi connectivity index (χ1) is 12.7. The second kappa shape index (κ2) is 6.76. The van der Waals surface area contributed by atoms with Gasteiger partial charge in [0, 0.05) is 13.1 Å². The molecule has 2 aromatic carbocycles. The van der Waals surface area contributed by atoms with Gasteiger partial charge in [0.05, 0.1) is 12.2 Å². The molecule has 1 aliphatic rings. The van der Waals surface area contributed by atoms with Crippen LogP contribution in [0.1, 0.15) is 31.0 Å². The molecule has 0 radical (unpaired) electrons. The number of benzene rings is 2. The molecule has 0 aliphatic carbocycles. The molecule has 1 fully saturated rings. The summed E-state index contributed by atoms with van der Waals surface area (Å²) in [5.74, 6) is 1.76. The van der Waals surface area contributed by atoms with Crippen LogP contribution in [-0.4, -0.2) is 17.7 Å². The van der Waals surface area contributed by atoms with E-state index in [9.17, 15) is 5.26 Å². The molecule has 0 saturated carbocycles. The number of hydrogen-bond donors (Lipinski definition) is 1. The van der Waals surface area contributed by atoms with Crippen LogP contribution in [0.4, 0.5) is 11.5 Å². The molecule has 4 nitrogen and oxygen atoms in total. The van der Waals surface area contributed by atoms with Crippen LogP contribution in [0.5, 0.6) is 0 Å². The van der Waals surface area contributed by atoms with Gasteiger partial charge in [0.15, 0.2) is 0 Å². The smallest absolute Gasteiger partial charge is 0.133 e. The van der Waals surface area contributed by atoms with E-state index in [0.29, 0.717) is 17.9 Å². The standard InChI is InChI=1S/C22H24N4/c1-16-9-11-25(12-10-16)22-21(24)13-19(14-23)26(22)15-18-7-4-6-17-5-2-3-8-20(17)18/h2-8,13,16H,9-12,15,24H2,1H3. The number of fused-ring (bicyclic) bond motifs is 1. The topological polar surface area (TPSA) is 58.0 Å². The van der Waals surface area contributed by atoms with Crippen molar-refractivity contribution in [3.8, 4) is 6.07 Å². The number of rotatable bonds is 3. The Balaban J connectivity index is 1.77. The molecule has 4 heteroatoms. The van der Waals surface area contributed by atoms with Crippen LogP contribution < -0.4 is 10.6 Å². The minimum atomic E-state index is 0.629. The van der Waals surface area contributed by atoms with Gasteiger partial charge in [-0.2, -0.15) is 5.26 Å². The van der Waals surface area contributed by atoms with Crippen molar-refractivity contribution in [2.45, 2.75) is 26.3 Å². The molecule has 1 aliphatic heterocycles. The third-order valence-electron chi connectivity index (χ3n) is 5.50. The summed E-state index contributed by atoms with van der Waals surface area (Å²) in [4.78, 5) is 2.35. The molecule has 1 aromatic heterocycles. The summed E-state index contributed by atoms with van der Waals surface area (Å²) in [7, 11) is 0. The van der Waals surface area contributed by atoms with Crippen LogP contribution in [0.15, 0.2) is 48.5 Å². The number of piperidine rings is 1. The second-order valence-electron chi connectivity index (χ2n) is 7.31. The summed E-state index contributed by atoms with van der Waals surface area (Å²) in [5, 5.41) is 12.1. The van der Waals surface area contributed by atoms with Crippen LogP contribution in [0.25, 0.3) is 10.8 Å². The third-order valence-corrected chi connectivity index (χ3v) is 5.50. The number of nitrogens with two attached hydrogens (primary N) is 1. The maximum atomic E-state index is 9.64. The quantitative estimate of drug-likeness (QED) is 0.767. The minimum absolute atomic E-state index is 0.629. The molecule has 26 heavy (non-hydrogen) atoms. The lowest BCUT2D eigenvalue weighted by Crippen LogP contribution is -2.35. The van der Waals surface area contributed by atoms with Crippen LogP contribution in [-0.2, 0) is 6.54 Å². The zero-order chi connectivity index (χ0) is 18.1. The molecule has 0 spiro atoms. The van der Waals surface area contributed by atoms with Crippen molar-refractivity contribution in [3.63, 3.8) is 0 Å². The monoisotopic (exact) mass is 344 g/mol. The van der Waals surface area contributed by atoms with Crippen molar-refractivity contribution in [1.29, 1.82) is 5.26 Å². The molecule has 0 unspecified atom stereocenters. The first-order valence-electron chi connectivity index (χ1n) is 9.28. The van der Waals surface area contributed by atoms with Gasteiger partial charge in [-0.15, -0.1) is 0 Å². The zero-order valence-electron chi connectivity index (χ0n) is 15.2. The Kier molecular flexibility index (Phi) is 4.30. The summed E-state index contributed by atoms with van der Waals surface area (Å²) >= 11 is 0. The maximum Gasteiger partial charge on any atom is 0.133 e. The Labute approximate surface area is 154 Å². The SMILES string of the molecule is CC1CCN(c2c(N)cc(C#N)n2Cc2cccc3ccccc23)CC1. The van der Waals surface area contributed by atoms with E-state index in [1.54, 1.807) is 0 Å². The van der Waals surface area contributed by atoms with Crippen molar-refractivity contribution in [2.75, 3.05) is 23.7 Å². The van der Waals surface area contributed by atoms with Gasteiger partial charge in [-0.25, -0.2) is 0 Å². The first-order valence-corrected chi connectivity index (χ1v) is 9.28. The van der Waals surface area contributed by atoms with Gasteiger partial charge in [0.1, 0.15) is 17.6 Å². The average Bonchev–Trinajstić information content (AvgIpc) is 2.98. The van der Waals surface area contributed by atoms with Gasteiger partial charge in [0.2, 0.25) is 0 Å². The molecule has 1 saturated heterocycles. The Morgan fingerprint density at radius 2 is 1.85 bits per heavy atom. The second-order valence-corrected chi connectivity index (χ2v) is 7.31. The predicted octanol–water partition coefficient (Wildman–Crippen LogP) is 4.38. The predicted molar refractivity (Wildman–Crippen MR) is 107 cm³/mol. The highest BCUT2D eigenvalue weighted by Crippen LogP contribution is 2.33. The third kappa shape index (κ3) is 2.90. The lowest BCUT2D eigenvalue weighted by atomic mass is 9.99. The van der Waals surface area contributed by atoms with Gasteiger partial charge in [-0.1, -0.05) is 49.4 Å². The highest BCUT2D eigenvalue weighted by Gasteiger charge is 2.23. The molecule has 4 rings (SSSR count). The molecule has 132 valence electrons. The molecular weight excluding hydrogens is 320 g/mol. The van der Waals surface area contributed by atoms with Crippen LogP contribution in [0, 0.1) is 17.2 Å². The van der Waals surface area contributed by atoms with Crippen molar-refractivity contribution < 1.29 is 0 Å². The fourth-order valence-corrected chi connectivity index (χ4v) is 3.99. The zero-order valence-corrected chi connectivity index (χ0v) is 15.2. The molecular formula is C22H24N4. The first kappa shape index (κ1) is 16.5. The number of nitriles is 1. The molecule has 2 N–H and O–H groups in total. The van der Waals surface area contributed by atoms with Crippen LogP contribution in [0.2, 0.25) is 0 Å². The van der Waals surface area contributed by atoms with E-state index >= 15 is 0 Å².